The molecule has 0 aliphatic heterocycles. The van der Waals surface area contributed by atoms with Crippen LogP contribution in [0.15, 0.2) is 0 Å². The molecule has 1 aromatic heterocycles. The number of carboxylic acid groups (broad SMARTS) is 1. The number of hydrogen-bond acceptors (Lipinski definition) is 1. The molecule has 0 spiro atoms. The Labute approximate surface area is 123 Å². The van der Waals surface area contributed by atoms with E-state index in [2.05, 4.69) is 41.5 Å². The van der Waals surface area contributed by atoms with Gasteiger partial charge in [0.25, 0.3) is 0 Å². The fourth-order valence-corrected chi connectivity index (χ4v) is 3.16. The molecule has 1 rings (SSSR count). The number of aliphatic carboxylic acids is 1. The maximum atomic E-state index is 11.2. The van der Waals surface area contributed by atoms with Crippen LogP contribution in [0.25, 0.3) is 0 Å². The lowest BCUT2D eigenvalue weighted by atomic mass is 9.91. The van der Waals surface area contributed by atoms with Gasteiger partial charge in [-0.25, -0.2) is 0 Å². The van der Waals surface area contributed by atoms with Gasteiger partial charge in [0, 0.05) is 11.4 Å². The van der Waals surface area contributed by atoms with Crippen LogP contribution in [0, 0.1) is 12.8 Å². The molecule has 3 nitrogen and oxygen atoms in total. The lowest BCUT2D eigenvalue weighted by molar-refractivity contribution is -0.137. The summed E-state index contributed by atoms with van der Waals surface area (Å²) in [5.74, 6) is 0.268. The SMILES string of the molecule is CCCc1c(CC(C)C)c(C(C)C)c(C)n1CC(=O)O. The first-order valence-electron chi connectivity index (χ1n) is 7.72. The first-order valence-corrected chi connectivity index (χ1v) is 7.72. The summed E-state index contributed by atoms with van der Waals surface area (Å²) in [6, 6.07) is 0. The lowest BCUT2D eigenvalue weighted by Gasteiger charge is -2.13. The summed E-state index contributed by atoms with van der Waals surface area (Å²) in [4.78, 5) is 11.2. The molecule has 0 aliphatic carbocycles. The first-order chi connectivity index (χ1) is 9.29. The Balaban J connectivity index is 3.45. The van der Waals surface area contributed by atoms with Crippen molar-refractivity contribution in [3.05, 3.63) is 22.5 Å². The molecule has 0 amide bonds. The minimum Gasteiger partial charge on any atom is -0.480 e. The Morgan fingerprint density at radius 1 is 1.25 bits per heavy atom. The maximum absolute atomic E-state index is 11.2. The van der Waals surface area contributed by atoms with Gasteiger partial charge in [-0.3, -0.25) is 4.79 Å². The zero-order chi connectivity index (χ0) is 15.4. The highest BCUT2D eigenvalue weighted by atomic mass is 16.4. The number of hydrogen-bond donors (Lipinski definition) is 1. The van der Waals surface area contributed by atoms with Crippen LogP contribution in [-0.4, -0.2) is 15.6 Å². The van der Waals surface area contributed by atoms with Crippen molar-refractivity contribution in [1.29, 1.82) is 0 Å². The second-order valence-corrected chi connectivity index (χ2v) is 6.41. The van der Waals surface area contributed by atoms with Crippen molar-refractivity contribution in [1.82, 2.24) is 4.57 Å². The average molecular weight is 279 g/mol. The molecule has 0 atom stereocenters. The molecule has 0 unspecified atom stereocenters. The highest BCUT2D eigenvalue weighted by Crippen LogP contribution is 2.32. The molecular formula is C17H29NO2. The predicted octanol–water partition coefficient (Wildman–Crippen LogP) is 4.16. The van der Waals surface area contributed by atoms with Crippen molar-refractivity contribution in [2.45, 2.75) is 73.3 Å². The van der Waals surface area contributed by atoms with E-state index in [1.54, 1.807) is 0 Å². The van der Waals surface area contributed by atoms with Crippen LogP contribution in [0.4, 0.5) is 0 Å². The van der Waals surface area contributed by atoms with Crippen molar-refractivity contribution < 1.29 is 9.90 Å². The van der Waals surface area contributed by atoms with Crippen molar-refractivity contribution >= 4 is 5.97 Å². The number of nitrogens with zero attached hydrogens (tertiary/aromatic N) is 1. The van der Waals surface area contributed by atoms with Gasteiger partial charge in [-0.05, 0) is 42.7 Å². The van der Waals surface area contributed by atoms with Gasteiger partial charge in [0.2, 0.25) is 0 Å². The van der Waals surface area contributed by atoms with Crippen LogP contribution < -0.4 is 0 Å². The van der Waals surface area contributed by atoms with E-state index in [4.69, 9.17) is 0 Å². The minimum atomic E-state index is -0.758. The molecule has 3 heteroatoms. The summed E-state index contributed by atoms with van der Waals surface area (Å²) in [6.07, 6.45) is 3.05. The fourth-order valence-electron chi connectivity index (χ4n) is 3.16. The Morgan fingerprint density at radius 2 is 1.85 bits per heavy atom. The molecule has 20 heavy (non-hydrogen) atoms. The Kier molecular flexibility index (Phi) is 5.85. The summed E-state index contributed by atoms with van der Waals surface area (Å²) in [5, 5.41) is 9.18. The van der Waals surface area contributed by atoms with Gasteiger partial charge in [0.1, 0.15) is 6.54 Å². The number of carboxylic acids is 1. The maximum Gasteiger partial charge on any atom is 0.323 e. The molecular weight excluding hydrogens is 250 g/mol. The van der Waals surface area contributed by atoms with Crippen molar-refractivity contribution in [3.8, 4) is 0 Å². The quantitative estimate of drug-likeness (QED) is 0.814. The van der Waals surface area contributed by atoms with E-state index >= 15 is 0 Å². The molecule has 1 aromatic rings. The van der Waals surface area contributed by atoms with E-state index in [-0.39, 0.29) is 6.54 Å². The molecule has 1 N–H and O–H groups in total. The van der Waals surface area contributed by atoms with E-state index in [0.717, 1.165) is 25.0 Å². The van der Waals surface area contributed by atoms with Gasteiger partial charge in [-0.2, -0.15) is 0 Å². The monoisotopic (exact) mass is 279 g/mol. The zero-order valence-electron chi connectivity index (χ0n) is 13.8. The fraction of sp³-hybridized carbons (Fsp3) is 0.706. The Bertz CT molecular complexity index is 470. The first kappa shape index (κ1) is 16.8. The number of rotatable bonds is 7. The second-order valence-electron chi connectivity index (χ2n) is 6.41. The molecule has 0 bridgehead atoms. The Morgan fingerprint density at radius 3 is 2.25 bits per heavy atom. The van der Waals surface area contributed by atoms with E-state index in [1.807, 2.05) is 4.57 Å². The van der Waals surface area contributed by atoms with Crippen molar-refractivity contribution in [2.75, 3.05) is 0 Å². The van der Waals surface area contributed by atoms with Gasteiger partial charge < -0.3 is 9.67 Å². The highest BCUT2D eigenvalue weighted by Gasteiger charge is 2.23. The lowest BCUT2D eigenvalue weighted by Crippen LogP contribution is -2.13. The average Bonchev–Trinajstić information content (AvgIpc) is 2.53. The molecule has 0 aliphatic rings. The third-order valence-corrected chi connectivity index (χ3v) is 3.76. The van der Waals surface area contributed by atoms with Crippen LogP contribution in [0.3, 0.4) is 0 Å². The smallest absolute Gasteiger partial charge is 0.323 e. The molecule has 0 saturated carbocycles. The molecule has 0 fully saturated rings. The normalized spacial score (nSPS) is 11.6. The molecule has 114 valence electrons. The molecule has 0 saturated heterocycles. The number of carbonyl (C=O) groups is 1. The largest absolute Gasteiger partial charge is 0.480 e. The topological polar surface area (TPSA) is 42.2 Å². The van der Waals surface area contributed by atoms with E-state index in [9.17, 15) is 9.90 Å². The summed E-state index contributed by atoms with van der Waals surface area (Å²) in [6.45, 7) is 13.2. The molecule has 0 radical (unpaired) electrons. The third kappa shape index (κ3) is 3.65. The summed E-state index contributed by atoms with van der Waals surface area (Å²) >= 11 is 0. The predicted molar refractivity (Wildman–Crippen MR) is 83.4 cm³/mol. The summed E-state index contributed by atoms with van der Waals surface area (Å²) < 4.78 is 2.03. The van der Waals surface area contributed by atoms with Gasteiger partial charge >= 0.3 is 5.97 Å². The van der Waals surface area contributed by atoms with Gasteiger partial charge in [-0.1, -0.05) is 41.0 Å². The molecule has 0 aromatic carbocycles. The van der Waals surface area contributed by atoms with Gasteiger partial charge in [0.05, 0.1) is 0 Å². The standard InChI is InChI=1S/C17H29NO2/c1-7-8-15-14(9-11(2)3)17(12(4)5)13(6)18(15)10-16(19)20/h11-12H,7-10H2,1-6H3,(H,19,20). The Hall–Kier alpha value is -1.25. The third-order valence-electron chi connectivity index (χ3n) is 3.76. The van der Waals surface area contributed by atoms with E-state index < -0.39 is 5.97 Å². The zero-order valence-corrected chi connectivity index (χ0v) is 13.8. The minimum absolute atomic E-state index is 0.0823. The summed E-state index contributed by atoms with van der Waals surface area (Å²) in [5.41, 5.74) is 5.14. The van der Waals surface area contributed by atoms with Crippen molar-refractivity contribution in [2.24, 2.45) is 5.92 Å². The van der Waals surface area contributed by atoms with Crippen LogP contribution in [-0.2, 0) is 24.2 Å². The van der Waals surface area contributed by atoms with E-state index in [0.29, 0.717) is 11.8 Å². The van der Waals surface area contributed by atoms with Gasteiger partial charge in [0.15, 0.2) is 0 Å². The van der Waals surface area contributed by atoms with Crippen LogP contribution >= 0.6 is 0 Å². The molecule has 1 heterocycles. The van der Waals surface area contributed by atoms with Crippen LogP contribution in [0.1, 0.15) is 69.5 Å². The van der Waals surface area contributed by atoms with Gasteiger partial charge in [-0.15, -0.1) is 0 Å². The van der Waals surface area contributed by atoms with Crippen molar-refractivity contribution in [3.63, 3.8) is 0 Å². The van der Waals surface area contributed by atoms with Crippen LogP contribution in [0.2, 0.25) is 0 Å². The highest BCUT2D eigenvalue weighted by molar-refractivity contribution is 5.67. The summed E-state index contributed by atoms with van der Waals surface area (Å²) in [7, 11) is 0. The number of aromatic nitrogens is 1. The van der Waals surface area contributed by atoms with E-state index in [1.165, 1.54) is 16.8 Å². The second kappa shape index (κ2) is 6.96. The van der Waals surface area contributed by atoms with Crippen LogP contribution in [0.5, 0.6) is 0 Å².